The summed E-state index contributed by atoms with van der Waals surface area (Å²) in [5.74, 6) is 0. The van der Waals surface area contributed by atoms with Crippen LogP contribution in [0.15, 0.2) is 0 Å². The molecule has 0 saturated heterocycles. The first kappa shape index (κ1) is 16.0. The molecule has 22 valence electrons. The van der Waals surface area contributed by atoms with Gasteiger partial charge >= 0.3 is 51.4 Å². The fraction of sp³-hybridized carbons (Fsp3) is 1.00. The zero-order valence-corrected chi connectivity index (χ0v) is 9.16. The smallest absolute Gasteiger partial charge is 1.00 e. The third-order valence-electron chi connectivity index (χ3n) is 0. The first-order chi connectivity index (χ1) is 1.00. The van der Waals surface area contributed by atoms with E-state index in [1.54, 1.807) is 0 Å². The van der Waals surface area contributed by atoms with Crippen molar-refractivity contribution in [3.63, 3.8) is 0 Å². The van der Waals surface area contributed by atoms with Crippen LogP contribution in [0.3, 0.4) is 0 Å². The van der Waals surface area contributed by atoms with E-state index in [1.165, 1.54) is 0 Å². The third kappa shape index (κ3) is 8.82. The van der Waals surface area contributed by atoms with Crippen LogP contribution in [0.25, 0.3) is 0 Å². The summed E-state index contributed by atoms with van der Waals surface area (Å²) in [6.45, 7) is 0. The van der Waals surface area contributed by atoms with E-state index < -0.39 is 0 Å². The van der Waals surface area contributed by atoms with Crippen LogP contribution in [-0.4, -0.2) is 1.45 Å². The second-order valence-corrected chi connectivity index (χ2v) is 0. The molecular formula is CH6FKU. The van der Waals surface area contributed by atoms with Crippen LogP contribution in [0.2, 0.25) is 0 Å². The van der Waals surface area contributed by atoms with Crippen LogP contribution >= 0.6 is 0 Å². The molecule has 0 amide bonds. The summed E-state index contributed by atoms with van der Waals surface area (Å²) >= 11 is 0. The molecule has 0 fully saturated rings. The first-order valence-electron chi connectivity index (χ1n) is 0.378. The van der Waals surface area contributed by atoms with Gasteiger partial charge in [0.1, 0.15) is 0 Å². The Kier molecular flexibility index (Phi) is 69.7. The summed E-state index contributed by atoms with van der Waals surface area (Å²) in [6.07, 6.45) is 0. The molecule has 3 heteroatoms. The minimum absolute atomic E-state index is 0. The maximum absolute atomic E-state index is 8.75. The zero-order valence-electron chi connectivity index (χ0n) is 3.88. The number of rotatable bonds is 0. The Hall–Kier alpha value is 2.62. The molecule has 0 aromatic rings. The van der Waals surface area contributed by atoms with Crippen molar-refractivity contribution < 1.29 is 88.6 Å². The van der Waals surface area contributed by atoms with Gasteiger partial charge in [-0.1, -0.05) is 7.43 Å². The van der Waals surface area contributed by atoms with E-state index in [9.17, 15) is 0 Å². The van der Waals surface area contributed by atoms with E-state index in [2.05, 4.69) is 1.45 Å². The number of hydrogen-bond donors (Lipinski definition) is 0. The van der Waals surface area contributed by atoms with Gasteiger partial charge in [-0.3, -0.25) is 4.72 Å². The zero-order chi connectivity index (χ0) is 2.00. The van der Waals surface area contributed by atoms with Gasteiger partial charge in [0.25, 0.3) is 1.45 Å². The quantitative estimate of drug-likeness (QED) is 0.450. The van der Waals surface area contributed by atoms with Crippen LogP contribution in [0.4, 0.5) is 4.72 Å². The van der Waals surface area contributed by atoms with E-state index in [-0.39, 0.29) is 91.4 Å². The molecular weight excluding hydrogens is 308 g/mol. The first-order valence-corrected chi connectivity index (χ1v) is 0. The average Bonchev–Trinajstić information content (AvgIpc) is 1.00. The van der Waals surface area contributed by atoms with Crippen molar-refractivity contribution in [1.29, 1.82) is 1.45 Å². The Balaban J connectivity index is -0.000000000833. The van der Waals surface area contributed by atoms with Crippen LogP contribution in [0.1, 0.15) is 8.85 Å². The van der Waals surface area contributed by atoms with Crippen molar-refractivity contribution in [1.82, 2.24) is 0 Å². The van der Waals surface area contributed by atoms with Crippen LogP contribution in [-0.2, 0) is 0 Å². The maximum atomic E-state index is 8.75. The molecule has 0 atom stereocenters. The van der Waals surface area contributed by atoms with E-state index >= 15 is 0 Å². The molecule has 0 heterocycles. The van der Waals surface area contributed by atoms with Crippen molar-refractivity contribution in [3.8, 4) is 0 Å². The molecule has 0 aliphatic carbocycles. The molecule has 0 radical (unpaired) electrons. The predicted octanol–water partition coefficient (Wildman–Crippen LogP) is -2.09. The summed E-state index contributed by atoms with van der Waals surface area (Å²) in [6, 6.07) is 0. The molecule has 0 aliphatic rings. The number of hydrogen-bond acceptors (Lipinski definition) is 0. The van der Waals surface area contributed by atoms with Crippen molar-refractivity contribution in [3.05, 3.63) is 0 Å². The van der Waals surface area contributed by atoms with Gasteiger partial charge < -0.3 is 1.43 Å². The van der Waals surface area contributed by atoms with Gasteiger partial charge in [0.15, 0.2) is 0 Å². The van der Waals surface area contributed by atoms with Gasteiger partial charge in [-0.2, -0.15) is 0 Å². The standard InChI is InChI=1S/CH4.FH.K.U.H/h1H4;1H;;;/q;;+1;;-1/i/hD. The Morgan fingerprint density at radius 2 is 1.75 bits per heavy atom. The van der Waals surface area contributed by atoms with Crippen molar-refractivity contribution in [2.75, 3.05) is 0 Å². The van der Waals surface area contributed by atoms with Crippen LogP contribution in [0.5, 0.6) is 0 Å². The molecule has 0 N–H and O–H groups in total. The average molecular weight is 315 g/mol. The van der Waals surface area contributed by atoms with E-state index in [0.29, 0.717) is 0 Å². The number of halogens is 1. The van der Waals surface area contributed by atoms with Crippen molar-refractivity contribution in [2.24, 2.45) is 0 Å². The van der Waals surface area contributed by atoms with Crippen molar-refractivity contribution >= 4 is 0 Å². The molecule has 0 aliphatic heterocycles. The maximum Gasteiger partial charge on any atom is 1.00 e. The summed E-state index contributed by atoms with van der Waals surface area (Å²) in [5.41, 5.74) is 0. The van der Waals surface area contributed by atoms with E-state index in [1.807, 2.05) is 0 Å². The third-order valence-corrected chi connectivity index (χ3v) is 0. The Morgan fingerprint density at radius 3 is 1.75 bits per heavy atom. The second-order valence-electron chi connectivity index (χ2n) is 0. The molecule has 0 bridgehead atoms. The fourth-order valence-electron chi connectivity index (χ4n) is 0. The minimum Gasteiger partial charge on any atom is -1.00 e. The molecule has 0 rings (SSSR count). The van der Waals surface area contributed by atoms with E-state index in [0.717, 1.165) is 0 Å². The SMILES string of the molecule is C.[2H]F.[H-].[K+].[U]. The fourth-order valence-corrected chi connectivity index (χ4v) is 0. The van der Waals surface area contributed by atoms with Gasteiger partial charge in [-0.25, -0.2) is 0 Å². The second kappa shape index (κ2) is 17.5. The monoisotopic (exact) mass is 315 g/mol. The molecule has 4 heavy (non-hydrogen) atoms. The Labute approximate surface area is 95.3 Å². The molecule has 0 spiro atoms. The summed E-state index contributed by atoms with van der Waals surface area (Å²) in [4.78, 5) is 0. The Morgan fingerprint density at radius 1 is 1.75 bits per heavy atom. The van der Waals surface area contributed by atoms with Crippen LogP contribution in [0, 0.1) is 31.1 Å². The summed E-state index contributed by atoms with van der Waals surface area (Å²) in [7, 11) is 0. The molecule has 0 saturated carbocycles. The van der Waals surface area contributed by atoms with Crippen LogP contribution < -0.4 is 51.4 Å². The predicted molar refractivity (Wildman–Crippen MR) is 10.3 cm³/mol. The van der Waals surface area contributed by atoms with Gasteiger partial charge in [0.05, 0.1) is 0 Å². The molecule has 0 unspecified atom stereocenters. The minimum atomic E-state index is 0. The summed E-state index contributed by atoms with van der Waals surface area (Å²) < 4.78 is 13.0. The van der Waals surface area contributed by atoms with Gasteiger partial charge in [-0.05, 0) is 0 Å². The van der Waals surface area contributed by atoms with Gasteiger partial charge in [0.2, 0.25) is 0 Å². The molecule has 0 aromatic carbocycles. The molecule has 0 aromatic heterocycles. The van der Waals surface area contributed by atoms with E-state index in [4.69, 9.17) is 4.72 Å². The largest absolute Gasteiger partial charge is 1.00 e. The normalized spacial score (nSPS) is 1.75. The van der Waals surface area contributed by atoms with Gasteiger partial charge in [0, 0.05) is 31.1 Å². The van der Waals surface area contributed by atoms with Gasteiger partial charge in [-0.15, -0.1) is 0 Å². The topological polar surface area (TPSA) is 0 Å². The van der Waals surface area contributed by atoms with Crippen molar-refractivity contribution in [2.45, 2.75) is 7.43 Å². The summed E-state index contributed by atoms with van der Waals surface area (Å²) in [5, 5.41) is 0. The Bertz CT molecular complexity index is 13.5. The molecule has 0 nitrogen and oxygen atoms in total.